The van der Waals surface area contributed by atoms with Gasteiger partial charge in [-0.25, -0.2) is 0 Å². The van der Waals surface area contributed by atoms with E-state index in [2.05, 4.69) is 11.9 Å². The predicted octanol–water partition coefficient (Wildman–Crippen LogP) is 1.44. The summed E-state index contributed by atoms with van der Waals surface area (Å²) in [6, 6.07) is 0.134. The van der Waals surface area contributed by atoms with Crippen LogP contribution >= 0.6 is 0 Å². The van der Waals surface area contributed by atoms with E-state index in [1.165, 1.54) is 0 Å². The topological polar surface area (TPSA) is 64.4 Å². The zero-order valence-corrected chi connectivity index (χ0v) is 9.04. The monoisotopic (exact) mass is 183 g/mol. The molecule has 76 valence electrons. The maximum absolute atomic E-state index is 5.80. The molecule has 0 aromatic heterocycles. The molecule has 13 heavy (non-hydrogen) atoms. The number of aliphatic imine (C=N–C) groups is 1. The molecule has 2 unspecified atom stereocenters. The lowest BCUT2D eigenvalue weighted by Crippen LogP contribution is -2.30. The number of nitrogens with two attached hydrogens (primary N) is 2. The molecule has 0 aliphatic carbocycles. The third kappa shape index (κ3) is 4.08. The third-order valence-electron chi connectivity index (χ3n) is 2.16. The molecule has 0 rings (SSSR count). The maximum atomic E-state index is 5.80. The lowest BCUT2D eigenvalue weighted by Gasteiger charge is -2.12. The van der Waals surface area contributed by atoms with Crippen molar-refractivity contribution in [1.82, 2.24) is 0 Å². The van der Waals surface area contributed by atoms with E-state index in [0.29, 0.717) is 5.84 Å². The van der Waals surface area contributed by atoms with Crippen molar-refractivity contribution in [3.63, 3.8) is 0 Å². The highest BCUT2D eigenvalue weighted by Gasteiger charge is 2.07. The Morgan fingerprint density at radius 1 is 1.46 bits per heavy atom. The third-order valence-corrected chi connectivity index (χ3v) is 2.16. The first-order valence-corrected chi connectivity index (χ1v) is 4.77. The Morgan fingerprint density at radius 3 is 2.31 bits per heavy atom. The number of allylic oxidation sites excluding steroid dienone is 1. The van der Waals surface area contributed by atoms with E-state index in [9.17, 15) is 0 Å². The summed E-state index contributed by atoms with van der Waals surface area (Å²) >= 11 is 0. The summed E-state index contributed by atoms with van der Waals surface area (Å²) in [5, 5.41) is 0. The molecule has 0 aliphatic heterocycles. The number of amidine groups is 1. The summed E-state index contributed by atoms with van der Waals surface area (Å²) < 4.78 is 0. The van der Waals surface area contributed by atoms with Crippen LogP contribution in [0.2, 0.25) is 0 Å². The van der Waals surface area contributed by atoms with Crippen molar-refractivity contribution >= 4 is 5.84 Å². The van der Waals surface area contributed by atoms with Crippen molar-refractivity contribution < 1.29 is 0 Å². The Kier molecular flexibility index (Phi) is 5.39. The van der Waals surface area contributed by atoms with Crippen molar-refractivity contribution in [1.29, 1.82) is 0 Å². The van der Waals surface area contributed by atoms with Crippen molar-refractivity contribution in [3.05, 3.63) is 11.6 Å². The molecule has 0 saturated carbocycles. The van der Waals surface area contributed by atoms with Gasteiger partial charge in [0.05, 0.1) is 6.04 Å². The van der Waals surface area contributed by atoms with Crippen LogP contribution in [0.5, 0.6) is 0 Å². The van der Waals surface area contributed by atoms with Crippen molar-refractivity contribution in [2.24, 2.45) is 16.5 Å². The fraction of sp³-hybridized carbons (Fsp3) is 0.700. The molecule has 3 nitrogen and oxygen atoms in total. The van der Waals surface area contributed by atoms with Gasteiger partial charge in [0.15, 0.2) is 0 Å². The van der Waals surface area contributed by atoms with Crippen LogP contribution in [-0.4, -0.2) is 17.9 Å². The molecular formula is C10H21N3. The van der Waals surface area contributed by atoms with E-state index in [0.717, 1.165) is 12.0 Å². The fourth-order valence-corrected chi connectivity index (χ4v) is 0.953. The van der Waals surface area contributed by atoms with Gasteiger partial charge in [0.25, 0.3) is 0 Å². The van der Waals surface area contributed by atoms with Crippen LogP contribution in [0.4, 0.5) is 0 Å². The molecule has 0 spiro atoms. The van der Waals surface area contributed by atoms with Gasteiger partial charge in [0.2, 0.25) is 0 Å². The number of hydrogen-bond donors (Lipinski definition) is 2. The van der Waals surface area contributed by atoms with Gasteiger partial charge in [0.1, 0.15) is 5.84 Å². The van der Waals surface area contributed by atoms with Gasteiger partial charge in [-0.1, -0.05) is 13.0 Å². The number of nitrogens with zero attached hydrogens (tertiary/aromatic N) is 1. The van der Waals surface area contributed by atoms with E-state index in [1.807, 2.05) is 26.8 Å². The molecule has 0 aromatic carbocycles. The standard InChI is InChI=1S/C10H21N3/c1-5-9(6-2)10(12)13-8(4)7(3)11/h5,7-8H,6,11H2,1-4H3,(H2,12,13)/b9-5-. The second kappa shape index (κ2) is 5.75. The zero-order valence-electron chi connectivity index (χ0n) is 9.04. The van der Waals surface area contributed by atoms with Crippen LogP contribution in [0.25, 0.3) is 0 Å². The predicted molar refractivity (Wildman–Crippen MR) is 58.8 cm³/mol. The Morgan fingerprint density at radius 2 is 2.00 bits per heavy atom. The minimum absolute atomic E-state index is 0.0495. The number of hydrogen-bond acceptors (Lipinski definition) is 2. The molecule has 4 N–H and O–H groups in total. The molecule has 0 heterocycles. The Hall–Kier alpha value is -0.830. The highest BCUT2D eigenvalue weighted by molar-refractivity contribution is 5.96. The first kappa shape index (κ1) is 12.2. The largest absolute Gasteiger partial charge is 0.384 e. The van der Waals surface area contributed by atoms with Gasteiger partial charge in [-0.05, 0) is 32.8 Å². The summed E-state index contributed by atoms with van der Waals surface area (Å²) in [6.45, 7) is 7.94. The van der Waals surface area contributed by atoms with Gasteiger partial charge < -0.3 is 11.5 Å². The molecule has 3 heteroatoms. The molecule has 0 fully saturated rings. The van der Waals surface area contributed by atoms with Gasteiger partial charge in [-0.2, -0.15) is 0 Å². The summed E-state index contributed by atoms with van der Waals surface area (Å²) in [4.78, 5) is 4.32. The molecular weight excluding hydrogens is 162 g/mol. The van der Waals surface area contributed by atoms with Crippen LogP contribution < -0.4 is 11.5 Å². The minimum Gasteiger partial charge on any atom is -0.384 e. The Labute approximate surface area is 80.9 Å². The first-order chi connectivity index (χ1) is 6.02. The second-order valence-corrected chi connectivity index (χ2v) is 3.28. The van der Waals surface area contributed by atoms with Crippen LogP contribution in [0.3, 0.4) is 0 Å². The molecule has 0 aromatic rings. The van der Waals surface area contributed by atoms with Gasteiger partial charge in [-0.15, -0.1) is 0 Å². The highest BCUT2D eigenvalue weighted by atomic mass is 14.9. The second-order valence-electron chi connectivity index (χ2n) is 3.28. The smallest absolute Gasteiger partial charge is 0.121 e. The SMILES string of the molecule is C/C=C(/CC)C(N)=NC(C)C(C)N. The normalized spacial score (nSPS) is 18.5. The van der Waals surface area contributed by atoms with Crippen LogP contribution in [0.15, 0.2) is 16.6 Å². The van der Waals surface area contributed by atoms with E-state index >= 15 is 0 Å². The van der Waals surface area contributed by atoms with Gasteiger partial charge in [0, 0.05) is 6.04 Å². The quantitative estimate of drug-likeness (QED) is 0.511. The van der Waals surface area contributed by atoms with E-state index < -0.39 is 0 Å². The summed E-state index contributed by atoms with van der Waals surface area (Å²) in [6.07, 6.45) is 2.91. The Balaban J connectivity index is 4.47. The van der Waals surface area contributed by atoms with E-state index in [4.69, 9.17) is 11.5 Å². The first-order valence-electron chi connectivity index (χ1n) is 4.77. The molecule has 0 saturated heterocycles. The van der Waals surface area contributed by atoms with Crippen molar-refractivity contribution in [3.8, 4) is 0 Å². The lowest BCUT2D eigenvalue weighted by molar-refractivity contribution is 0.605. The van der Waals surface area contributed by atoms with Crippen molar-refractivity contribution in [2.75, 3.05) is 0 Å². The molecule has 0 bridgehead atoms. The van der Waals surface area contributed by atoms with E-state index in [-0.39, 0.29) is 12.1 Å². The molecule has 2 atom stereocenters. The van der Waals surface area contributed by atoms with Crippen LogP contribution in [0.1, 0.15) is 34.1 Å². The van der Waals surface area contributed by atoms with Gasteiger partial charge >= 0.3 is 0 Å². The zero-order chi connectivity index (χ0) is 10.4. The number of rotatable bonds is 4. The average Bonchev–Trinajstić information content (AvgIpc) is 2.06. The van der Waals surface area contributed by atoms with Crippen LogP contribution in [0, 0.1) is 0 Å². The molecule has 0 aliphatic rings. The van der Waals surface area contributed by atoms with Crippen molar-refractivity contribution in [2.45, 2.75) is 46.2 Å². The summed E-state index contributed by atoms with van der Waals surface area (Å²) in [5.41, 5.74) is 12.6. The Bertz CT molecular complexity index is 204. The van der Waals surface area contributed by atoms with Crippen LogP contribution in [-0.2, 0) is 0 Å². The average molecular weight is 183 g/mol. The molecule has 0 radical (unpaired) electrons. The van der Waals surface area contributed by atoms with Gasteiger partial charge in [-0.3, -0.25) is 4.99 Å². The lowest BCUT2D eigenvalue weighted by atomic mass is 10.1. The minimum atomic E-state index is 0.0495. The fourth-order valence-electron chi connectivity index (χ4n) is 0.953. The molecule has 0 amide bonds. The maximum Gasteiger partial charge on any atom is 0.121 e. The summed E-state index contributed by atoms with van der Waals surface area (Å²) in [5.74, 6) is 0.620. The summed E-state index contributed by atoms with van der Waals surface area (Å²) in [7, 11) is 0. The van der Waals surface area contributed by atoms with E-state index in [1.54, 1.807) is 0 Å². The highest BCUT2D eigenvalue weighted by Crippen LogP contribution is 2.03.